The first-order valence-corrected chi connectivity index (χ1v) is 7.25. The predicted octanol–water partition coefficient (Wildman–Crippen LogP) is 2.89. The lowest BCUT2D eigenvalue weighted by Gasteiger charge is -2.38. The van der Waals surface area contributed by atoms with E-state index < -0.39 is 0 Å². The highest BCUT2D eigenvalue weighted by atomic mass is 15.2. The summed E-state index contributed by atoms with van der Waals surface area (Å²) in [5.74, 6) is 0.930. The number of hydrogen-bond acceptors (Lipinski definition) is 2. The van der Waals surface area contributed by atoms with Crippen molar-refractivity contribution in [3.8, 4) is 0 Å². The monoisotopic (exact) mass is 226 g/mol. The quantitative estimate of drug-likeness (QED) is 0.718. The van der Waals surface area contributed by atoms with Gasteiger partial charge in [-0.05, 0) is 44.7 Å². The third kappa shape index (κ3) is 4.84. The fourth-order valence-corrected chi connectivity index (χ4v) is 2.92. The Labute approximate surface area is 102 Å². The summed E-state index contributed by atoms with van der Waals surface area (Å²) in [5.41, 5.74) is 0. The first kappa shape index (κ1) is 14.0. The summed E-state index contributed by atoms with van der Waals surface area (Å²) in [4.78, 5) is 2.66. The van der Waals surface area contributed by atoms with Gasteiger partial charge in [-0.25, -0.2) is 0 Å². The van der Waals surface area contributed by atoms with Crippen molar-refractivity contribution in [2.75, 3.05) is 26.2 Å². The normalized spacial score (nSPS) is 27.2. The highest BCUT2D eigenvalue weighted by Gasteiger charge is 2.25. The molecule has 0 radical (unpaired) electrons. The van der Waals surface area contributed by atoms with Crippen LogP contribution >= 0.6 is 0 Å². The van der Waals surface area contributed by atoms with E-state index in [1.54, 1.807) is 0 Å². The Morgan fingerprint density at radius 1 is 1.06 bits per heavy atom. The van der Waals surface area contributed by atoms with Gasteiger partial charge in [0.05, 0.1) is 0 Å². The lowest BCUT2D eigenvalue weighted by molar-refractivity contribution is 0.135. The number of piperidine rings is 1. The second kappa shape index (κ2) is 8.08. The molecule has 0 aromatic carbocycles. The number of hydrogen-bond donors (Lipinski definition) is 1. The van der Waals surface area contributed by atoms with Gasteiger partial charge in [0.1, 0.15) is 0 Å². The maximum Gasteiger partial charge on any atom is 0.0198 e. The Hall–Kier alpha value is -0.0800. The van der Waals surface area contributed by atoms with E-state index in [0.29, 0.717) is 0 Å². The molecule has 2 atom stereocenters. The molecule has 0 saturated carbocycles. The molecule has 0 spiro atoms. The van der Waals surface area contributed by atoms with Crippen molar-refractivity contribution >= 4 is 0 Å². The Kier molecular flexibility index (Phi) is 7.06. The van der Waals surface area contributed by atoms with E-state index in [1.807, 2.05) is 0 Å². The maximum atomic E-state index is 3.71. The van der Waals surface area contributed by atoms with Gasteiger partial charge in [0.25, 0.3) is 0 Å². The number of nitrogens with one attached hydrogen (secondary N) is 1. The van der Waals surface area contributed by atoms with Crippen molar-refractivity contribution in [1.29, 1.82) is 0 Å². The highest BCUT2D eigenvalue weighted by Crippen LogP contribution is 2.21. The van der Waals surface area contributed by atoms with Gasteiger partial charge in [0.15, 0.2) is 0 Å². The first-order chi connectivity index (χ1) is 7.80. The minimum atomic E-state index is 0.747. The molecule has 0 aromatic rings. The largest absolute Gasteiger partial charge is 0.313 e. The molecule has 0 amide bonds. The molecule has 1 aliphatic heterocycles. The molecule has 1 saturated heterocycles. The number of rotatable bonds is 7. The van der Waals surface area contributed by atoms with E-state index in [9.17, 15) is 0 Å². The SMILES string of the molecule is CCCNC1CC(CCC)CN(CCC)C1. The maximum absolute atomic E-state index is 3.71. The zero-order valence-electron chi connectivity index (χ0n) is 11.5. The Balaban J connectivity index is 2.38. The van der Waals surface area contributed by atoms with Crippen LogP contribution in [0.2, 0.25) is 0 Å². The molecule has 16 heavy (non-hydrogen) atoms. The Bertz CT molecular complexity index is 156. The van der Waals surface area contributed by atoms with Crippen LogP contribution in [-0.2, 0) is 0 Å². The smallest absolute Gasteiger partial charge is 0.0198 e. The molecule has 2 heteroatoms. The summed E-state index contributed by atoms with van der Waals surface area (Å²) in [5, 5.41) is 3.71. The van der Waals surface area contributed by atoms with Crippen molar-refractivity contribution in [2.45, 2.75) is 58.9 Å². The molecule has 0 aromatic heterocycles. The number of likely N-dealkylation sites (tertiary alicyclic amines) is 1. The average Bonchev–Trinajstić information content (AvgIpc) is 2.27. The second-order valence-corrected chi connectivity index (χ2v) is 5.30. The molecule has 1 N–H and O–H groups in total. The minimum Gasteiger partial charge on any atom is -0.313 e. The van der Waals surface area contributed by atoms with Crippen molar-refractivity contribution in [3.63, 3.8) is 0 Å². The van der Waals surface area contributed by atoms with E-state index in [0.717, 1.165) is 12.0 Å². The molecule has 1 heterocycles. The molecule has 1 fully saturated rings. The van der Waals surface area contributed by atoms with Crippen LogP contribution in [0.4, 0.5) is 0 Å². The third-order valence-electron chi connectivity index (χ3n) is 3.53. The summed E-state index contributed by atoms with van der Waals surface area (Å²) in [7, 11) is 0. The second-order valence-electron chi connectivity index (χ2n) is 5.30. The van der Waals surface area contributed by atoms with Gasteiger partial charge in [-0.3, -0.25) is 0 Å². The van der Waals surface area contributed by atoms with Gasteiger partial charge >= 0.3 is 0 Å². The molecule has 2 nitrogen and oxygen atoms in total. The summed E-state index contributed by atoms with van der Waals surface area (Å²) in [6, 6.07) is 0.747. The van der Waals surface area contributed by atoms with Crippen molar-refractivity contribution in [1.82, 2.24) is 10.2 Å². The van der Waals surface area contributed by atoms with Crippen molar-refractivity contribution in [2.24, 2.45) is 5.92 Å². The van der Waals surface area contributed by atoms with E-state index in [4.69, 9.17) is 0 Å². The van der Waals surface area contributed by atoms with Crippen LogP contribution in [0.25, 0.3) is 0 Å². The van der Waals surface area contributed by atoms with Crippen LogP contribution in [-0.4, -0.2) is 37.1 Å². The van der Waals surface area contributed by atoms with Gasteiger partial charge in [0, 0.05) is 19.1 Å². The molecule has 2 unspecified atom stereocenters. The van der Waals surface area contributed by atoms with Crippen LogP contribution in [0, 0.1) is 5.92 Å². The molecule has 1 aliphatic rings. The molecular formula is C14H30N2. The summed E-state index contributed by atoms with van der Waals surface area (Å²) < 4.78 is 0. The molecule has 0 bridgehead atoms. The average molecular weight is 226 g/mol. The predicted molar refractivity (Wildman–Crippen MR) is 71.8 cm³/mol. The van der Waals surface area contributed by atoms with Gasteiger partial charge in [-0.2, -0.15) is 0 Å². The summed E-state index contributed by atoms with van der Waals surface area (Å²) >= 11 is 0. The minimum absolute atomic E-state index is 0.747. The van der Waals surface area contributed by atoms with Gasteiger partial charge in [-0.1, -0.05) is 27.2 Å². The number of nitrogens with zero attached hydrogens (tertiary/aromatic N) is 1. The lowest BCUT2D eigenvalue weighted by Crippen LogP contribution is -2.49. The van der Waals surface area contributed by atoms with Crippen LogP contribution in [0.1, 0.15) is 52.9 Å². The van der Waals surface area contributed by atoms with E-state index in [1.165, 1.54) is 58.3 Å². The molecular weight excluding hydrogens is 196 g/mol. The topological polar surface area (TPSA) is 15.3 Å². The summed E-state index contributed by atoms with van der Waals surface area (Å²) in [6.07, 6.45) is 6.69. The van der Waals surface area contributed by atoms with Gasteiger partial charge < -0.3 is 10.2 Å². The molecule has 1 rings (SSSR count). The van der Waals surface area contributed by atoms with E-state index in [2.05, 4.69) is 31.0 Å². The van der Waals surface area contributed by atoms with Crippen LogP contribution in [0.3, 0.4) is 0 Å². The first-order valence-electron chi connectivity index (χ1n) is 7.25. The zero-order chi connectivity index (χ0) is 11.8. The molecule has 96 valence electrons. The Morgan fingerprint density at radius 2 is 1.88 bits per heavy atom. The fourth-order valence-electron chi connectivity index (χ4n) is 2.92. The molecule has 0 aliphatic carbocycles. The standard InChI is InChI=1S/C14H30N2/c1-4-7-13-10-14(15-8-5-2)12-16(11-13)9-6-3/h13-15H,4-12H2,1-3H3. The zero-order valence-corrected chi connectivity index (χ0v) is 11.5. The third-order valence-corrected chi connectivity index (χ3v) is 3.53. The van der Waals surface area contributed by atoms with Crippen molar-refractivity contribution in [3.05, 3.63) is 0 Å². The lowest BCUT2D eigenvalue weighted by atomic mass is 9.90. The van der Waals surface area contributed by atoms with Gasteiger partial charge in [0.2, 0.25) is 0 Å². The van der Waals surface area contributed by atoms with Crippen LogP contribution < -0.4 is 5.32 Å². The van der Waals surface area contributed by atoms with Crippen molar-refractivity contribution < 1.29 is 0 Å². The van der Waals surface area contributed by atoms with Crippen LogP contribution in [0.5, 0.6) is 0 Å². The highest BCUT2D eigenvalue weighted by molar-refractivity contribution is 4.83. The Morgan fingerprint density at radius 3 is 2.50 bits per heavy atom. The van der Waals surface area contributed by atoms with Crippen LogP contribution in [0.15, 0.2) is 0 Å². The van der Waals surface area contributed by atoms with E-state index in [-0.39, 0.29) is 0 Å². The summed E-state index contributed by atoms with van der Waals surface area (Å²) in [6.45, 7) is 11.9. The fraction of sp³-hybridized carbons (Fsp3) is 1.00. The van der Waals surface area contributed by atoms with Gasteiger partial charge in [-0.15, -0.1) is 0 Å². The van der Waals surface area contributed by atoms with E-state index >= 15 is 0 Å².